The Balaban J connectivity index is 1.56. The Morgan fingerprint density at radius 3 is 1.40 bits per heavy atom. The topological polar surface area (TPSA) is 42.9 Å². The van der Waals surface area contributed by atoms with Gasteiger partial charge in [0, 0.05) is 22.2 Å². The van der Waals surface area contributed by atoms with Crippen molar-refractivity contribution in [2.45, 2.75) is 25.7 Å². The number of thiophene rings is 2. The van der Waals surface area contributed by atoms with Crippen LogP contribution in [0.3, 0.4) is 0 Å². The summed E-state index contributed by atoms with van der Waals surface area (Å²) in [6.07, 6.45) is 0. The molecule has 0 fully saturated rings. The molecule has 6 aromatic rings. The average molecular weight is 605 g/mol. The minimum atomic E-state index is -1.35. The van der Waals surface area contributed by atoms with E-state index in [9.17, 15) is 13.6 Å². The molecule has 2 atom stereocenters. The van der Waals surface area contributed by atoms with E-state index in [1.807, 2.05) is 22.9 Å². The lowest BCUT2D eigenvalue weighted by atomic mass is 9.78. The van der Waals surface area contributed by atoms with Gasteiger partial charge in [0.2, 0.25) is 0 Å². The van der Waals surface area contributed by atoms with Crippen LogP contribution in [0.5, 0.6) is 0 Å². The summed E-state index contributed by atoms with van der Waals surface area (Å²) in [5, 5.41) is 5.12. The van der Waals surface area contributed by atoms with Gasteiger partial charge < -0.3 is 0 Å². The van der Waals surface area contributed by atoms with Gasteiger partial charge in [-0.05, 0) is 94.4 Å². The number of hydrogen-bond donors (Lipinski definition) is 0. The van der Waals surface area contributed by atoms with E-state index in [-0.39, 0.29) is 0 Å². The molecule has 0 N–H and O–H groups in total. The summed E-state index contributed by atoms with van der Waals surface area (Å²) in [4.78, 5) is 25.1. The van der Waals surface area contributed by atoms with E-state index < -0.39 is 42.6 Å². The van der Waals surface area contributed by atoms with Crippen LogP contribution in [0.1, 0.15) is 34.4 Å². The van der Waals surface area contributed by atoms with Crippen LogP contribution in [0.15, 0.2) is 71.4 Å². The van der Waals surface area contributed by atoms with Crippen LogP contribution in [-0.4, -0.2) is 29.1 Å². The molecule has 2 unspecified atom stereocenters. The van der Waals surface area contributed by atoms with E-state index in [0.717, 1.165) is 0 Å². The van der Waals surface area contributed by atoms with Crippen LogP contribution in [0, 0.1) is 25.5 Å². The maximum absolute atomic E-state index is 15.2. The molecule has 0 aliphatic heterocycles. The Kier molecular flexibility index (Phi) is 7.64. The monoisotopic (exact) mass is 604 g/mol. The van der Waals surface area contributed by atoms with Crippen molar-refractivity contribution in [1.82, 2.24) is 9.97 Å². The molecule has 0 aliphatic rings. The van der Waals surface area contributed by atoms with Crippen molar-refractivity contribution in [1.29, 1.82) is 0 Å². The molecule has 4 aromatic heterocycles. The number of nitrogens with zero attached hydrogens (tertiary/aromatic N) is 2. The van der Waals surface area contributed by atoms with Crippen LogP contribution in [0.4, 0.5) is 17.6 Å². The van der Waals surface area contributed by atoms with Gasteiger partial charge in [0.15, 0.2) is 5.78 Å². The smallest absolute Gasteiger partial charge is 0.153 e. The van der Waals surface area contributed by atoms with Gasteiger partial charge in [-0.3, -0.25) is 4.79 Å². The largest absolute Gasteiger partial charge is 0.298 e. The van der Waals surface area contributed by atoms with Crippen molar-refractivity contribution < 1.29 is 22.4 Å². The maximum atomic E-state index is 15.2. The molecule has 2 aromatic carbocycles. The first-order chi connectivity index (χ1) is 20.3. The van der Waals surface area contributed by atoms with Crippen LogP contribution in [0.2, 0.25) is 0 Å². The van der Waals surface area contributed by atoms with Crippen molar-refractivity contribution in [2.75, 3.05) is 13.3 Å². The van der Waals surface area contributed by atoms with E-state index in [2.05, 4.69) is 9.97 Å². The van der Waals surface area contributed by atoms with E-state index in [1.54, 1.807) is 38.1 Å². The third kappa shape index (κ3) is 4.80. The van der Waals surface area contributed by atoms with Crippen LogP contribution in [0.25, 0.3) is 42.7 Å². The highest BCUT2D eigenvalue weighted by atomic mass is 32.1. The summed E-state index contributed by atoms with van der Waals surface area (Å²) < 4.78 is 58.0. The number of halogens is 4. The molecule has 0 bridgehead atoms. The lowest BCUT2D eigenvalue weighted by Gasteiger charge is -2.26. The number of pyridine rings is 2. The van der Waals surface area contributed by atoms with Gasteiger partial charge in [-0.1, -0.05) is 24.3 Å². The van der Waals surface area contributed by atoms with Crippen LogP contribution < -0.4 is 0 Å². The molecular formula is C33H24F4N2OS2. The number of carbonyl (C=O) groups is 1. The fourth-order valence-corrected chi connectivity index (χ4v) is 7.41. The van der Waals surface area contributed by atoms with Crippen LogP contribution in [-0.2, 0) is 4.79 Å². The van der Waals surface area contributed by atoms with Gasteiger partial charge in [-0.2, -0.15) is 0 Å². The van der Waals surface area contributed by atoms with Crippen molar-refractivity contribution in [3.63, 3.8) is 0 Å². The van der Waals surface area contributed by atoms with Gasteiger partial charge in [0.1, 0.15) is 34.6 Å². The van der Waals surface area contributed by atoms with Crippen molar-refractivity contribution in [3.8, 4) is 22.3 Å². The standard InChI is InChI=1S/C33H24F4N2OS2/c1-17-27(29(19-3-7-21(36)8-4-19)23-11-13-41-32(23)38-17)25(15-34)31(40)26(16-35)28-18(2)39-33-24(12-14-42-33)30(28)20-5-9-22(37)10-6-20/h3-14,25-26H,15-16H2,1-2H3. The molecule has 0 aliphatic carbocycles. The molecule has 0 saturated carbocycles. The first kappa shape index (κ1) is 28.2. The summed E-state index contributed by atoms with van der Waals surface area (Å²) in [6.45, 7) is 1.24. The molecule has 3 nitrogen and oxygen atoms in total. The van der Waals surface area contributed by atoms with Gasteiger partial charge >= 0.3 is 0 Å². The number of aryl methyl sites for hydroxylation is 2. The Morgan fingerprint density at radius 1 is 0.667 bits per heavy atom. The SMILES string of the molecule is Cc1nc2sccc2c(-c2ccc(F)cc2)c1C(CF)C(=O)C(CF)c1c(C)nc2sccc2c1-c1ccc(F)cc1. The number of benzene rings is 2. The number of hydrogen-bond acceptors (Lipinski definition) is 5. The minimum Gasteiger partial charge on any atom is -0.298 e. The second-order valence-corrected chi connectivity index (χ2v) is 11.9. The third-order valence-electron chi connectivity index (χ3n) is 7.64. The lowest BCUT2D eigenvalue weighted by molar-refractivity contribution is -0.122. The van der Waals surface area contributed by atoms with E-state index in [0.29, 0.717) is 65.2 Å². The molecule has 0 radical (unpaired) electrons. The Hall–Kier alpha value is -3.95. The highest BCUT2D eigenvalue weighted by Crippen LogP contribution is 2.44. The number of ketones is 1. The van der Waals surface area contributed by atoms with Gasteiger partial charge in [0.25, 0.3) is 0 Å². The van der Waals surface area contributed by atoms with E-state index >= 15 is 8.78 Å². The highest BCUT2D eigenvalue weighted by Gasteiger charge is 2.36. The van der Waals surface area contributed by atoms with Crippen LogP contribution >= 0.6 is 22.7 Å². The fourth-order valence-electron chi connectivity index (χ4n) is 5.77. The normalized spacial score (nSPS) is 13.1. The minimum absolute atomic E-state index is 0.351. The molecule has 6 rings (SSSR count). The van der Waals surface area contributed by atoms with E-state index in [1.165, 1.54) is 46.9 Å². The zero-order valence-corrected chi connectivity index (χ0v) is 24.3. The average Bonchev–Trinajstić information content (AvgIpc) is 3.64. The molecule has 42 heavy (non-hydrogen) atoms. The number of fused-ring (bicyclic) bond motifs is 2. The lowest BCUT2D eigenvalue weighted by Crippen LogP contribution is -2.26. The van der Waals surface area contributed by atoms with Crippen molar-refractivity contribution in [3.05, 3.63) is 106 Å². The first-order valence-corrected chi connectivity index (χ1v) is 15.0. The van der Waals surface area contributed by atoms with Gasteiger partial charge in [-0.25, -0.2) is 27.5 Å². The molecule has 212 valence electrons. The summed E-state index contributed by atoms with van der Waals surface area (Å²) in [5.74, 6) is -4.19. The molecule has 0 spiro atoms. The van der Waals surface area contributed by atoms with Crippen molar-refractivity contribution >= 4 is 48.9 Å². The van der Waals surface area contributed by atoms with Crippen molar-refractivity contribution in [2.24, 2.45) is 0 Å². The molecular weight excluding hydrogens is 581 g/mol. The number of Topliss-reactive ketones (excluding diaryl/α,β-unsaturated/α-hetero) is 1. The Morgan fingerprint density at radius 2 is 1.05 bits per heavy atom. The zero-order valence-electron chi connectivity index (χ0n) is 22.6. The van der Waals surface area contributed by atoms with E-state index in [4.69, 9.17) is 0 Å². The third-order valence-corrected chi connectivity index (χ3v) is 9.26. The number of rotatable bonds is 8. The summed E-state index contributed by atoms with van der Waals surface area (Å²) in [5.41, 5.74) is 3.96. The zero-order chi connectivity index (χ0) is 29.5. The summed E-state index contributed by atoms with van der Waals surface area (Å²) >= 11 is 2.81. The second-order valence-electron chi connectivity index (χ2n) is 10.1. The Bertz CT molecular complexity index is 1790. The first-order valence-electron chi connectivity index (χ1n) is 13.2. The number of carbonyl (C=O) groups excluding carboxylic acids is 1. The quantitative estimate of drug-likeness (QED) is 0.163. The number of alkyl halides is 2. The molecule has 0 saturated heterocycles. The molecule has 4 heterocycles. The fraction of sp³-hybridized carbons (Fsp3) is 0.182. The van der Waals surface area contributed by atoms with Gasteiger partial charge in [-0.15, -0.1) is 22.7 Å². The summed E-state index contributed by atoms with van der Waals surface area (Å²) in [6, 6.07) is 15.3. The second kappa shape index (κ2) is 11.4. The number of aromatic nitrogens is 2. The highest BCUT2D eigenvalue weighted by molar-refractivity contribution is 7.17. The Labute approximate surface area is 247 Å². The predicted octanol–water partition coefficient (Wildman–Crippen LogP) is 9.51. The maximum Gasteiger partial charge on any atom is 0.153 e. The predicted molar refractivity (Wildman–Crippen MR) is 162 cm³/mol. The van der Waals surface area contributed by atoms with Gasteiger partial charge in [0.05, 0.1) is 11.8 Å². The molecule has 9 heteroatoms. The molecule has 0 amide bonds. The summed E-state index contributed by atoms with van der Waals surface area (Å²) in [7, 11) is 0.